The molecular formula is C102H114N12+6. The minimum absolute atomic E-state index is 1.25. The van der Waals surface area contributed by atoms with Crippen molar-refractivity contribution in [1.29, 1.82) is 0 Å². The van der Waals surface area contributed by atoms with Crippen LogP contribution in [0.15, 0.2) is 256 Å². The van der Waals surface area contributed by atoms with Crippen LogP contribution in [0.3, 0.4) is 0 Å². The van der Waals surface area contributed by atoms with Gasteiger partial charge in [0, 0.05) is 154 Å². The standard InChI is InChI=1S/6C17H19N2/c1-12-9-10-18(4)16(11-12)17-13(2)5-7-15-8-6-14(3)19(15)17;1-12-7-9-18(4)15(10-12)16-14(3)11-19-8-5-6-13(2)17(16)19;2*1-12-8-9-18(4)16(10-12)17-13(2)11-15-7-5-6-14(3)19(15)17;2*1-12-8-10-18(4)16(11-12)17-13(2)15-7-5-6-9-19(15)14(17)3/h6*5-11H,1-4H3/q6*+1. The molecule has 12 heteroatoms. The van der Waals surface area contributed by atoms with Crippen LogP contribution in [0.2, 0.25) is 0 Å². The van der Waals surface area contributed by atoms with Crippen molar-refractivity contribution < 1.29 is 27.4 Å². The first-order valence-corrected chi connectivity index (χ1v) is 39.7. The SMILES string of the molecule is Cc1cc[n+](C)c(-c2c(C)c3ccccn3c2C)c1.Cc1cc[n+](C)c(-c2c(C)c3ccccn3c2C)c1.Cc1cc[n+](C)c(-c2c(C)cc3cccc(C)n23)c1.Cc1cc[n+](C)c(-c2c(C)cc3cccc(C)n23)c1.Cc1cc[n+](C)c(-c2c(C)ccc3ccc(C)n23)c1.Cc1cc[n+](C)c(-c2c(C)cn3cccc(C)c23)c1. The molecule has 18 aromatic rings. The summed E-state index contributed by atoms with van der Waals surface area (Å²) in [6.07, 6.45) is 21.4. The topological polar surface area (TPSA) is 49.7 Å². The number of aryl methyl sites for hydroxylation is 24. The van der Waals surface area contributed by atoms with Crippen LogP contribution in [0.5, 0.6) is 0 Å². The van der Waals surface area contributed by atoms with E-state index in [0.717, 1.165) is 0 Å². The van der Waals surface area contributed by atoms with E-state index < -0.39 is 0 Å². The molecule has 0 aliphatic rings. The van der Waals surface area contributed by atoms with E-state index in [2.05, 4.69) is 477 Å². The molecule has 0 saturated carbocycles. The van der Waals surface area contributed by atoms with E-state index >= 15 is 0 Å². The summed E-state index contributed by atoms with van der Waals surface area (Å²) in [6.45, 7) is 39.0. The van der Waals surface area contributed by atoms with Gasteiger partial charge in [0.1, 0.15) is 59.4 Å². The van der Waals surface area contributed by atoms with Crippen LogP contribution in [0.4, 0.5) is 0 Å². The zero-order valence-electron chi connectivity index (χ0n) is 71.6. The third-order valence-corrected chi connectivity index (χ3v) is 22.8. The first-order valence-electron chi connectivity index (χ1n) is 39.7. The monoisotopic (exact) mass is 1510 g/mol. The molecule has 18 heterocycles. The zero-order valence-corrected chi connectivity index (χ0v) is 71.6. The fourth-order valence-corrected chi connectivity index (χ4v) is 16.7. The highest BCUT2D eigenvalue weighted by atomic mass is 15.0. The lowest BCUT2D eigenvalue weighted by Gasteiger charge is -2.10. The maximum absolute atomic E-state index is 2.34. The molecule has 0 amide bonds. The predicted octanol–water partition coefficient (Wildman–Crippen LogP) is 20.1. The first kappa shape index (κ1) is 79.5. The van der Waals surface area contributed by atoms with E-state index in [4.69, 9.17) is 0 Å². The van der Waals surface area contributed by atoms with Crippen molar-refractivity contribution in [1.82, 2.24) is 26.4 Å². The lowest BCUT2D eigenvalue weighted by molar-refractivity contribution is -0.660. The average molecular weight is 1510 g/mol. The van der Waals surface area contributed by atoms with Crippen LogP contribution >= 0.6 is 0 Å². The summed E-state index contributed by atoms with van der Waals surface area (Å²) in [5, 5.41) is 0. The molecule has 0 unspecified atom stereocenters. The second-order valence-corrected chi connectivity index (χ2v) is 31.7. The van der Waals surface area contributed by atoms with Crippen molar-refractivity contribution >= 4 is 33.1 Å². The number of hydrogen-bond acceptors (Lipinski definition) is 0. The molecule has 0 bridgehead atoms. The molecule has 18 aromatic heterocycles. The predicted molar refractivity (Wildman–Crippen MR) is 469 cm³/mol. The highest BCUT2D eigenvalue weighted by Crippen LogP contribution is 2.35. The lowest BCUT2D eigenvalue weighted by Crippen LogP contribution is -2.31. The molecule has 0 saturated heterocycles. The Morgan fingerprint density at radius 2 is 0.588 bits per heavy atom. The molecule has 0 spiro atoms. The van der Waals surface area contributed by atoms with Gasteiger partial charge in [0.15, 0.2) is 37.2 Å². The largest absolute Gasteiger partial charge is 0.322 e. The van der Waals surface area contributed by atoms with Gasteiger partial charge in [-0.05, 0) is 282 Å². The third-order valence-electron chi connectivity index (χ3n) is 22.8. The summed E-state index contributed by atoms with van der Waals surface area (Å²) in [6, 6.07) is 69.5. The van der Waals surface area contributed by atoms with Crippen molar-refractivity contribution in [2.75, 3.05) is 0 Å². The molecule has 576 valence electrons. The van der Waals surface area contributed by atoms with Crippen molar-refractivity contribution in [3.05, 3.63) is 357 Å². The van der Waals surface area contributed by atoms with Crippen LogP contribution in [0.1, 0.15) is 101 Å². The van der Waals surface area contributed by atoms with E-state index in [1.165, 1.54) is 202 Å². The summed E-state index contributed by atoms with van der Waals surface area (Å²) in [5.74, 6) is 0. The fourth-order valence-electron chi connectivity index (χ4n) is 16.7. The first-order chi connectivity index (χ1) is 54.5. The molecule has 18 rings (SSSR count). The summed E-state index contributed by atoms with van der Waals surface area (Å²) in [4.78, 5) is 0. The highest BCUT2D eigenvalue weighted by Gasteiger charge is 2.26. The molecule has 0 atom stereocenters. The Morgan fingerprint density at radius 1 is 0.246 bits per heavy atom. The molecule has 114 heavy (non-hydrogen) atoms. The molecule has 0 N–H and O–H groups in total. The molecular weight excluding hydrogens is 1390 g/mol. The van der Waals surface area contributed by atoms with Crippen LogP contribution in [0.25, 0.3) is 101 Å². The van der Waals surface area contributed by atoms with Crippen LogP contribution in [0, 0.1) is 125 Å². The number of pyridine rings is 12. The van der Waals surface area contributed by atoms with E-state index in [-0.39, 0.29) is 0 Å². The van der Waals surface area contributed by atoms with Gasteiger partial charge in [0.05, 0.1) is 22.2 Å². The van der Waals surface area contributed by atoms with Gasteiger partial charge in [-0.2, -0.15) is 13.7 Å². The number of nitrogens with zero attached hydrogens (tertiary/aromatic N) is 12. The smallest absolute Gasteiger partial charge is 0.229 e. The second kappa shape index (κ2) is 33.0. The summed E-state index contributed by atoms with van der Waals surface area (Å²) in [7, 11) is 12.6. The van der Waals surface area contributed by atoms with Crippen LogP contribution in [-0.4, -0.2) is 26.4 Å². The van der Waals surface area contributed by atoms with E-state index in [9.17, 15) is 0 Å². The second-order valence-electron chi connectivity index (χ2n) is 31.7. The van der Waals surface area contributed by atoms with Gasteiger partial charge in [-0.3, -0.25) is 0 Å². The average Bonchev–Trinajstić information content (AvgIpc) is 1.61. The maximum Gasteiger partial charge on any atom is 0.229 e. The number of fused-ring (bicyclic) bond motifs is 6. The summed E-state index contributed by atoms with van der Waals surface area (Å²) >= 11 is 0. The van der Waals surface area contributed by atoms with Gasteiger partial charge in [-0.25, -0.2) is 13.7 Å². The minimum atomic E-state index is 1.25. The Bertz CT molecular complexity index is 6140. The number of hydrogen-bond donors (Lipinski definition) is 0. The molecule has 0 aromatic carbocycles. The normalized spacial score (nSPS) is 11.2. The lowest BCUT2D eigenvalue weighted by atomic mass is 10.0. The van der Waals surface area contributed by atoms with E-state index in [1.54, 1.807) is 0 Å². The van der Waals surface area contributed by atoms with Crippen molar-refractivity contribution in [3.8, 4) is 67.9 Å². The fraction of sp³-hybridized carbons (Fsp3) is 0.235. The summed E-state index contributed by atoms with van der Waals surface area (Å²) in [5.41, 5.74) is 46.5. The van der Waals surface area contributed by atoms with E-state index in [0.29, 0.717) is 0 Å². The Hall–Kier alpha value is -12.5. The number of rotatable bonds is 6. The van der Waals surface area contributed by atoms with Crippen molar-refractivity contribution in [3.63, 3.8) is 0 Å². The maximum atomic E-state index is 2.34. The molecule has 0 aliphatic heterocycles. The highest BCUT2D eigenvalue weighted by molar-refractivity contribution is 5.84. The molecule has 12 nitrogen and oxygen atoms in total. The molecule has 0 radical (unpaired) electrons. The summed E-state index contributed by atoms with van der Waals surface area (Å²) < 4.78 is 26.9. The van der Waals surface area contributed by atoms with Crippen molar-refractivity contribution in [2.24, 2.45) is 42.3 Å². The molecule has 0 fully saturated rings. The molecule has 0 aliphatic carbocycles. The van der Waals surface area contributed by atoms with Crippen LogP contribution < -0.4 is 27.4 Å². The third kappa shape index (κ3) is 15.7. The van der Waals surface area contributed by atoms with Gasteiger partial charge in [0.2, 0.25) is 34.2 Å². The zero-order chi connectivity index (χ0) is 81.4. The van der Waals surface area contributed by atoms with Gasteiger partial charge < -0.3 is 26.4 Å². The Balaban J connectivity index is 0.000000119. The van der Waals surface area contributed by atoms with Crippen LogP contribution in [-0.2, 0) is 42.3 Å². The Kier molecular flexibility index (Phi) is 23.0. The van der Waals surface area contributed by atoms with Gasteiger partial charge in [-0.15, -0.1) is 0 Å². The Morgan fingerprint density at radius 3 is 0.982 bits per heavy atom. The van der Waals surface area contributed by atoms with Gasteiger partial charge in [0.25, 0.3) is 0 Å². The Labute approximate surface area is 674 Å². The van der Waals surface area contributed by atoms with Crippen molar-refractivity contribution in [2.45, 2.75) is 125 Å². The van der Waals surface area contributed by atoms with E-state index in [1.807, 2.05) is 0 Å². The van der Waals surface area contributed by atoms with Gasteiger partial charge in [-0.1, -0.05) is 36.4 Å². The quantitative estimate of drug-likeness (QED) is 0.149. The number of aromatic nitrogens is 12. The van der Waals surface area contributed by atoms with Gasteiger partial charge >= 0.3 is 0 Å². The minimum Gasteiger partial charge on any atom is -0.322 e.